The topological polar surface area (TPSA) is 108 Å². The van der Waals surface area contributed by atoms with Gasteiger partial charge in [-0.3, -0.25) is 14.4 Å². The number of fused-ring (bicyclic) bond motifs is 1. The summed E-state index contributed by atoms with van der Waals surface area (Å²) in [5.41, 5.74) is 1.82. The minimum absolute atomic E-state index is 0.133. The van der Waals surface area contributed by atoms with Crippen LogP contribution in [0.3, 0.4) is 0 Å². The lowest BCUT2D eigenvalue weighted by Gasteiger charge is -2.09. The van der Waals surface area contributed by atoms with E-state index in [0.717, 1.165) is 16.3 Å². The maximum Gasteiger partial charge on any atom is 0.325 e. The average Bonchev–Trinajstić information content (AvgIpc) is 2.77. The lowest BCUT2D eigenvalue weighted by atomic mass is 10.0. The number of hydrogen-bond acceptors (Lipinski definition) is 5. The van der Waals surface area contributed by atoms with Crippen molar-refractivity contribution in [1.82, 2.24) is 5.32 Å². The number of amides is 2. The molecule has 0 aliphatic carbocycles. The summed E-state index contributed by atoms with van der Waals surface area (Å²) in [4.78, 5) is 35.8. The van der Waals surface area contributed by atoms with E-state index in [0.29, 0.717) is 11.3 Å². The Morgan fingerprint density at radius 2 is 1.63 bits per heavy atom. The molecule has 2 amide bonds. The highest BCUT2D eigenvalue weighted by Gasteiger charge is 2.11. The molecule has 0 aliphatic rings. The van der Waals surface area contributed by atoms with Gasteiger partial charge in [-0.05, 0) is 40.6 Å². The van der Waals surface area contributed by atoms with E-state index in [4.69, 9.17) is 10.00 Å². The van der Waals surface area contributed by atoms with Gasteiger partial charge < -0.3 is 15.4 Å². The van der Waals surface area contributed by atoms with Crippen molar-refractivity contribution in [3.8, 4) is 6.07 Å². The minimum atomic E-state index is -0.712. The first kappa shape index (κ1) is 20.6. The second kappa shape index (κ2) is 9.85. The largest absolute Gasteiger partial charge is 0.454 e. The molecule has 0 saturated heterocycles. The van der Waals surface area contributed by atoms with E-state index in [2.05, 4.69) is 10.6 Å². The second-order valence-electron chi connectivity index (χ2n) is 6.49. The molecule has 0 spiro atoms. The van der Waals surface area contributed by atoms with Crippen LogP contribution >= 0.6 is 0 Å². The molecular formula is C23H19N3O4. The van der Waals surface area contributed by atoms with Crippen LogP contribution in [0.15, 0.2) is 66.7 Å². The number of nitrogens with zero attached hydrogens (tertiary/aromatic N) is 1. The first-order valence-corrected chi connectivity index (χ1v) is 9.24. The summed E-state index contributed by atoms with van der Waals surface area (Å²) in [6.45, 7) is -0.800. The summed E-state index contributed by atoms with van der Waals surface area (Å²) < 4.78 is 4.87. The fraction of sp³-hybridized carbons (Fsp3) is 0.130. The van der Waals surface area contributed by atoms with E-state index < -0.39 is 18.5 Å². The van der Waals surface area contributed by atoms with Crippen molar-refractivity contribution in [3.63, 3.8) is 0 Å². The van der Waals surface area contributed by atoms with Gasteiger partial charge in [-0.1, -0.05) is 42.5 Å². The van der Waals surface area contributed by atoms with Gasteiger partial charge in [0.1, 0.15) is 6.54 Å². The number of ether oxygens (including phenoxy) is 1. The fourth-order valence-electron chi connectivity index (χ4n) is 2.88. The molecule has 7 nitrogen and oxygen atoms in total. The Labute approximate surface area is 173 Å². The van der Waals surface area contributed by atoms with Gasteiger partial charge in [-0.15, -0.1) is 0 Å². The Bertz CT molecular complexity index is 1110. The minimum Gasteiger partial charge on any atom is -0.454 e. The van der Waals surface area contributed by atoms with Crippen molar-refractivity contribution in [2.24, 2.45) is 0 Å². The molecule has 3 aromatic carbocycles. The lowest BCUT2D eigenvalue weighted by molar-refractivity contribution is -0.147. The number of nitrogens with one attached hydrogen (secondary N) is 2. The van der Waals surface area contributed by atoms with E-state index in [1.54, 1.807) is 24.3 Å². The molecule has 3 rings (SSSR count). The third-order valence-electron chi connectivity index (χ3n) is 4.32. The van der Waals surface area contributed by atoms with Crippen molar-refractivity contribution in [2.75, 3.05) is 18.5 Å². The monoisotopic (exact) mass is 401 g/mol. The molecule has 0 radical (unpaired) electrons. The van der Waals surface area contributed by atoms with Crippen molar-refractivity contribution >= 4 is 34.2 Å². The van der Waals surface area contributed by atoms with Crippen molar-refractivity contribution in [3.05, 3.63) is 77.9 Å². The summed E-state index contributed by atoms with van der Waals surface area (Å²) >= 11 is 0. The molecule has 150 valence electrons. The second-order valence-corrected chi connectivity index (χ2v) is 6.49. The summed E-state index contributed by atoms with van der Waals surface area (Å²) in [6.07, 6.45) is 0.133. The summed E-state index contributed by atoms with van der Waals surface area (Å²) in [7, 11) is 0. The molecular weight excluding hydrogens is 382 g/mol. The number of esters is 1. The Morgan fingerprint density at radius 3 is 2.40 bits per heavy atom. The van der Waals surface area contributed by atoms with Crippen LogP contribution in [0.4, 0.5) is 5.69 Å². The van der Waals surface area contributed by atoms with Crippen molar-refractivity contribution in [2.45, 2.75) is 6.42 Å². The van der Waals surface area contributed by atoms with Crippen LogP contribution in [-0.2, 0) is 25.5 Å². The van der Waals surface area contributed by atoms with Crippen LogP contribution in [0.25, 0.3) is 10.8 Å². The van der Waals surface area contributed by atoms with E-state index >= 15 is 0 Å². The number of rotatable bonds is 7. The van der Waals surface area contributed by atoms with Crippen LogP contribution in [0.1, 0.15) is 11.1 Å². The Hall–Kier alpha value is -4.18. The normalized spacial score (nSPS) is 10.1. The molecule has 0 aliphatic heterocycles. The van der Waals surface area contributed by atoms with Crippen molar-refractivity contribution in [1.29, 1.82) is 5.26 Å². The molecule has 3 aromatic rings. The van der Waals surface area contributed by atoms with Gasteiger partial charge in [-0.2, -0.15) is 5.26 Å². The van der Waals surface area contributed by atoms with Gasteiger partial charge >= 0.3 is 5.97 Å². The van der Waals surface area contributed by atoms with Crippen molar-refractivity contribution < 1.29 is 19.1 Å². The number of carbonyl (C=O) groups excluding carboxylic acids is 3. The van der Waals surface area contributed by atoms with Crippen LogP contribution in [-0.4, -0.2) is 30.9 Å². The predicted octanol–water partition coefficient (Wildman–Crippen LogP) is 2.55. The average molecular weight is 401 g/mol. The molecule has 0 saturated carbocycles. The summed E-state index contributed by atoms with van der Waals surface area (Å²) in [5.74, 6) is -1.54. The van der Waals surface area contributed by atoms with Crippen LogP contribution in [0.5, 0.6) is 0 Å². The van der Waals surface area contributed by atoms with E-state index in [9.17, 15) is 14.4 Å². The molecule has 30 heavy (non-hydrogen) atoms. The third kappa shape index (κ3) is 5.66. The highest BCUT2D eigenvalue weighted by atomic mass is 16.5. The van der Waals surface area contributed by atoms with E-state index in [-0.39, 0.29) is 18.9 Å². The molecule has 0 bridgehead atoms. The van der Waals surface area contributed by atoms with Crippen LogP contribution in [0, 0.1) is 11.3 Å². The Morgan fingerprint density at radius 1 is 0.900 bits per heavy atom. The summed E-state index contributed by atoms with van der Waals surface area (Å²) in [6, 6.07) is 21.7. The Kier molecular flexibility index (Phi) is 6.74. The zero-order valence-electron chi connectivity index (χ0n) is 16.1. The molecule has 0 atom stereocenters. The molecule has 0 fully saturated rings. The zero-order chi connectivity index (χ0) is 21.3. The molecule has 2 N–H and O–H groups in total. The number of hydrogen-bond donors (Lipinski definition) is 2. The number of nitriles is 1. The zero-order valence-corrected chi connectivity index (χ0v) is 16.1. The molecule has 0 unspecified atom stereocenters. The molecule has 0 heterocycles. The Balaban J connectivity index is 1.42. The third-order valence-corrected chi connectivity index (χ3v) is 4.32. The number of benzene rings is 3. The molecule has 0 aromatic heterocycles. The lowest BCUT2D eigenvalue weighted by Crippen LogP contribution is -2.33. The maximum absolute atomic E-state index is 12.2. The summed E-state index contributed by atoms with van der Waals surface area (Å²) in [5, 5.41) is 15.8. The van der Waals surface area contributed by atoms with Gasteiger partial charge in [0.2, 0.25) is 5.91 Å². The first-order valence-electron chi connectivity index (χ1n) is 9.24. The fourth-order valence-corrected chi connectivity index (χ4v) is 2.88. The van der Waals surface area contributed by atoms with Crippen LogP contribution < -0.4 is 10.6 Å². The predicted molar refractivity (Wildman–Crippen MR) is 111 cm³/mol. The SMILES string of the molecule is N#Cc1ccc(NC(=O)COC(=O)CNC(=O)Cc2cccc3ccccc23)cc1. The number of anilines is 1. The number of carbonyl (C=O) groups is 3. The quantitative estimate of drug-likeness (QED) is 0.592. The van der Waals surface area contributed by atoms with Gasteiger partial charge in [0.25, 0.3) is 5.91 Å². The van der Waals surface area contributed by atoms with Gasteiger partial charge in [-0.25, -0.2) is 0 Å². The standard InChI is InChI=1S/C23H19N3O4/c24-13-16-8-10-19(11-9-16)26-22(28)15-30-23(29)14-25-21(27)12-18-6-3-5-17-4-1-2-7-20(17)18/h1-11H,12,14-15H2,(H,25,27)(H,26,28). The molecule has 7 heteroatoms. The van der Waals surface area contributed by atoms with Gasteiger partial charge in [0.05, 0.1) is 18.1 Å². The van der Waals surface area contributed by atoms with E-state index in [1.807, 2.05) is 48.5 Å². The van der Waals surface area contributed by atoms with Gasteiger partial charge in [0.15, 0.2) is 6.61 Å². The first-order chi connectivity index (χ1) is 14.5. The van der Waals surface area contributed by atoms with E-state index in [1.165, 1.54) is 0 Å². The van der Waals surface area contributed by atoms with Gasteiger partial charge in [0, 0.05) is 5.69 Å². The highest BCUT2D eigenvalue weighted by Crippen LogP contribution is 2.18. The maximum atomic E-state index is 12.2. The highest BCUT2D eigenvalue weighted by molar-refractivity contribution is 5.93. The van der Waals surface area contributed by atoms with Crippen LogP contribution in [0.2, 0.25) is 0 Å². The smallest absolute Gasteiger partial charge is 0.325 e.